The largest absolute Gasteiger partial charge is 0.431 e. The minimum Gasteiger partial charge on any atom is -0.431 e. The van der Waals surface area contributed by atoms with Crippen molar-refractivity contribution < 1.29 is 4.42 Å². The van der Waals surface area contributed by atoms with E-state index in [1.807, 2.05) is 24.3 Å². The van der Waals surface area contributed by atoms with Gasteiger partial charge in [0.15, 0.2) is 5.58 Å². The van der Waals surface area contributed by atoms with E-state index in [1.165, 1.54) is 25.7 Å². The molecule has 0 aliphatic carbocycles. The highest BCUT2D eigenvalue weighted by Gasteiger charge is 2.27. The van der Waals surface area contributed by atoms with E-state index in [2.05, 4.69) is 31.5 Å². The zero-order valence-corrected chi connectivity index (χ0v) is 14.0. The van der Waals surface area contributed by atoms with Crippen molar-refractivity contribution in [1.82, 2.24) is 4.98 Å². The molecule has 4 heteroatoms. The minimum atomic E-state index is 0.304. The first kappa shape index (κ1) is 15.8. The number of rotatable bonds is 8. The summed E-state index contributed by atoms with van der Waals surface area (Å²) in [6, 6.07) is 7.93. The van der Waals surface area contributed by atoms with Crippen molar-refractivity contribution in [2.24, 2.45) is 5.41 Å². The molecule has 0 amide bonds. The average Bonchev–Trinajstić information content (AvgIpc) is 2.88. The third-order valence-corrected chi connectivity index (χ3v) is 5.52. The van der Waals surface area contributed by atoms with Gasteiger partial charge in [-0.3, -0.25) is 0 Å². The standard InChI is InChI=1S/C16H23NOS2/c1-3-9-16(11-19,10-4-2)12-20-15-17-13-7-5-6-8-14(13)18-15/h5-8,19H,3-4,9-12H2,1-2H3. The fourth-order valence-electron chi connectivity index (χ4n) is 2.66. The zero-order chi connectivity index (χ0) is 14.4. The zero-order valence-electron chi connectivity index (χ0n) is 12.3. The topological polar surface area (TPSA) is 26.0 Å². The summed E-state index contributed by atoms with van der Waals surface area (Å²) in [5, 5.41) is 0.782. The predicted molar refractivity (Wildman–Crippen MR) is 90.8 cm³/mol. The Balaban J connectivity index is 2.07. The molecule has 110 valence electrons. The van der Waals surface area contributed by atoms with Gasteiger partial charge in [-0.25, -0.2) is 4.98 Å². The Bertz CT molecular complexity index is 499. The van der Waals surface area contributed by atoms with Gasteiger partial charge in [-0.05, 0) is 36.1 Å². The van der Waals surface area contributed by atoms with Crippen LogP contribution in [0.4, 0.5) is 0 Å². The minimum absolute atomic E-state index is 0.304. The first-order valence-electron chi connectivity index (χ1n) is 7.32. The van der Waals surface area contributed by atoms with Crippen molar-refractivity contribution in [3.8, 4) is 0 Å². The number of benzene rings is 1. The number of aromatic nitrogens is 1. The maximum Gasteiger partial charge on any atom is 0.256 e. The molecule has 20 heavy (non-hydrogen) atoms. The van der Waals surface area contributed by atoms with E-state index in [4.69, 9.17) is 4.42 Å². The molecule has 2 nitrogen and oxygen atoms in total. The average molecular weight is 310 g/mol. The molecule has 1 aromatic heterocycles. The number of thiol groups is 1. The molecule has 0 aliphatic heterocycles. The lowest BCUT2D eigenvalue weighted by Crippen LogP contribution is -2.25. The molecule has 1 heterocycles. The highest BCUT2D eigenvalue weighted by Crippen LogP contribution is 2.37. The molecule has 0 saturated heterocycles. The van der Waals surface area contributed by atoms with E-state index < -0.39 is 0 Å². The monoisotopic (exact) mass is 309 g/mol. The van der Waals surface area contributed by atoms with E-state index in [-0.39, 0.29) is 0 Å². The number of para-hydroxylation sites is 2. The number of oxazole rings is 1. The summed E-state index contributed by atoms with van der Waals surface area (Å²) in [7, 11) is 0. The van der Waals surface area contributed by atoms with Gasteiger partial charge in [-0.2, -0.15) is 12.6 Å². The Morgan fingerprint density at radius 2 is 1.90 bits per heavy atom. The quantitative estimate of drug-likeness (QED) is 0.519. The van der Waals surface area contributed by atoms with Crippen LogP contribution in [0.15, 0.2) is 33.9 Å². The lowest BCUT2D eigenvalue weighted by atomic mass is 9.83. The fraction of sp³-hybridized carbons (Fsp3) is 0.562. The van der Waals surface area contributed by atoms with Gasteiger partial charge < -0.3 is 4.42 Å². The van der Waals surface area contributed by atoms with Crippen LogP contribution in [0.5, 0.6) is 0 Å². The molecule has 0 saturated carbocycles. The van der Waals surface area contributed by atoms with Crippen LogP contribution in [0.2, 0.25) is 0 Å². The van der Waals surface area contributed by atoms with Gasteiger partial charge in [0.25, 0.3) is 5.22 Å². The van der Waals surface area contributed by atoms with E-state index in [9.17, 15) is 0 Å². The molecule has 0 aliphatic rings. The second-order valence-corrected chi connectivity index (χ2v) is 6.64. The summed E-state index contributed by atoms with van der Waals surface area (Å²) >= 11 is 6.33. The lowest BCUT2D eigenvalue weighted by Gasteiger charge is -2.31. The Morgan fingerprint density at radius 3 is 2.50 bits per heavy atom. The van der Waals surface area contributed by atoms with Gasteiger partial charge >= 0.3 is 0 Å². The van der Waals surface area contributed by atoms with E-state index in [0.717, 1.165) is 27.8 Å². The third-order valence-electron chi connectivity index (χ3n) is 3.67. The molecule has 2 aromatic rings. The highest BCUT2D eigenvalue weighted by molar-refractivity contribution is 7.99. The molecule has 0 bridgehead atoms. The van der Waals surface area contributed by atoms with Crippen molar-refractivity contribution in [2.45, 2.75) is 44.8 Å². The molecule has 0 spiro atoms. The van der Waals surface area contributed by atoms with Crippen molar-refractivity contribution in [3.05, 3.63) is 24.3 Å². The fourth-order valence-corrected chi connectivity index (χ4v) is 4.37. The Kier molecular flexibility index (Phi) is 5.85. The number of hydrogen-bond donors (Lipinski definition) is 1. The van der Waals surface area contributed by atoms with Crippen molar-refractivity contribution in [2.75, 3.05) is 11.5 Å². The Hall–Kier alpha value is -0.610. The van der Waals surface area contributed by atoms with Crippen LogP contribution in [0.3, 0.4) is 0 Å². The van der Waals surface area contributed by atoms with Gasteiger partial charge in [-0.15, -0.1) is 0 Å². The lowest BCUT2D eigenvalue weighted by molar-refractivity contribution is 0.317. The number of thioether (sulfide) groups is 1. The summed E-state index contributed by atoms with van der Waals surface area (Å²) in [4.78, 5) is 4.54. The number of hydrogen-bond acceptors (Lipinski definition) is 4. The van der Waals surface area contributed by atoms with Crippen LogP contribution in [-0.2, 0) is 0 Å². The molecule has 0 N–H and O–H groups in total. The second kappa shape index (κ2) is 7.41. The van der Waals surface area contributed by atoms with E-state index in [1.54, 1.807) is 11.8 Å². The van der Waals surface area contributed by atoms with Gasteiger partial charge in [0.05, 0.1) is 0 Å². The molecular weight excluding hydrogens is 286 g/mol. The van der Waals surface area contributed by atoms with Gasteiger partial charge in [-0.1, -0.05) is 50.6 Å². The number of nitrogens with zero attached hydrogens (tertiary/aromatic N) is 1. The van der Waals surface area contributed by atoms with Crippen LogP contribution in [0, 0.1) is 5.41 Å². The first-order chi connectivity index (χ1) is 9.73. The SMILES string of the molecule is CCCC(CS)(CCC)CSc1nc2ccccc2o1. The highest BCUT2D eigenvalue weighted by atomic mass is 32.2. The molecule has 0 radical (unpaired) electrons. The third kappa shape index (κ3) is 3.73. The summed E-state index contributed by atoms with van der Waals surface area (Å²) in [6.45, 7) is 4.50. The van der Waals surface area contributed by atoms with E-state index in [0.29, 0.717) is 5.41 Å². The van der Waals surface area contributed by atoms with Crippen LogP contribution in [0.25, 0.3) is 11.1 Å². The van der Waals surface area contributed by atoms with Crippen LogP contribution in [-0.4, -0.2) is 16.5 Å². The summed E-state index contributed by atoms with van der Waals surface area (Å²) in [5.74, 6) is 1.97. The first-order valence-corrected chi connectivity index (χ1v) is 8.94. The summed E-state index contributed by atoms with van der Waals surface area (Å²) in [6.07, 6.45) is 4.85. The van der Waals surface area contributed by atoms with Crippen molar-refractivity contribution in [3.63, 3.8) is 0 Å². The van der Waals surface area contributed by atoms with Crippen molar-refractivity contribution in [1.29, 1.82) is 0 Å². The molecule has 1 aromatic carbocycles. The van der Waals surface area contributed by atoms with E-state index >= 15 is 0 Å². The van der Waals surface area contributed by atoms with Gasteiger partial charge in [0.1, 0.15) is 5.52 Å². The van der Waals surface area contributed by atoms with Crippen LogP contribution < -0.4 is 0 Å². The molecule has 2 rings (SSSR count). The smallest absolute Gasteiger partial charge is 0.256 e. The summed E-state index contributed by atoms with van der Waals surface area (Å²) in [5.41, 5.74) is 2.12. The Morgan fingerprint density at radius 1 is 1.20 bits per heavy atom. The maximum atomic E-state index is 5.79. The second-order valence-electron chi connectivity index (χ2n) is 5.39. The Labute approximate surface area is 131 Å². The summed E-state index contributed by atoms with van der Waals surface area (Å²) < 4.78 is 5.79. The molecule has 0 unspecified atom stereocenters. The maximum absolute atomic E-state index is 5.79. The predicted octanol–water partition coefficient (Wildman–Crippen LogP) is 5.44. The van der Waals surface area contributed by atoms with Gasteiger partial charge in [0, 0.05) is 5.75 Å². The molecule has 0 atom stereocenters. The van der Waals surface area contributed by atoms with Crippen molar-refractivity contribution >= 4 is 35.5 Å². The molecule has 0 fully saturated rings. The van der Waals surface area contributed by atoms with Gasteiger partial charge in [0.2, 0.25) is 0 Å². The number of fused-ring (bicyclic) bond motifs is 1. The van der Waals surface area contributed by atoms with Crippen LogP contribution >= 0.6 is 24.4 Å². The molecular formula is C16H23NOS2. The van der Waals surface area contributed by atoms with Crippen LogP contribution in [0.1, 0.15) is 39.5 Å². The normalized spacial score (nSPS) is 12.2.